The maximum Gasteiger partial charge on any atom is 0.306 e. The number of carbonyl (C=O) groups is 2. The quantitative estimate of drug-likeness (QED) is 0.686. The highest BCUT2D eigenvalue weighted by molar-refractivity contribution is 5.77. The molecule has 2 fully saturated rings. The van der Waals surface area contributed by atoms with E-state index < -0.39 is 0 Å². The predicted octanol–water partition coefficient (Wildman–Crippen LogP) is 1.04. The number of likely N-dealkylation sites (tertiary alicyclic amines) is 1. The van der Waals surface area contributed by atoms with E-state index in [2.05, 4.69) is 4.90 Å². The number of carbonyl (C=O) groups excluding carboxylic acids is 2. The minimum atomic E-state index is -0.113. The molecule has 2 aliphatic heterocycles. The van der Waals surface area contributed by atoms with Crippen molar-refractivity contribution in [2.24, 2.45) is 0 Å². The van der Waals surface area contributed by atoms with E-state index in [1.54, 1.807) is 19.0 Å². The number of piperidine rings is 1. The Morgan fingerprint density at radius 3 is 2.55 bits per heavy atom. The van der Waals surface area contributed by atoms with Crippen molar-refractivity contribution in [1.29, 1.82) is 0 Å². The molecule has 0 aromatic carbocycles. The van der Waals surface area contributed by atoms with Crippen molar-refractivity contribution in [1.82, 2.24) is 9.80 Å². The Labute approximate surface area is 132 Å². The first-order valence-corrected chi connectivity index (χ1v) is 8.28. The van der Waals surface area contributed by atoms with E-state index in [0.29, 0.717) is 13.0 Å². The van der Waals surface area contributed by atoms with Crippen LogP contribution in [0.1, 0.15) is 38.5 Å². The highest BCUT2D eigenvalue weighted by atomic mass is 16.5. The Morgan fingerprint density at radius 2 is 1.95 bits per heavy atom. The molecule has 0 N–H and O–H groups in total. The molecule has 2 rings (SSSR count). The van der Waals surface area contributed by atoms with E-state index in [1.807, 2.05) is 0 Å². The van der Waals surface area contributed by atoms with Crippen LogP contribution in [0.4, 0.5) is 0 Å². The Balaban J connectivity index is 1.60. The fraction of sp³-hybridized carbons (Fsp3) is 0.875. The van der Waals surface area contributed by atoms with Gasteiger partial charge in [0.05, 0.1) is 12.6 Å². The highest BCUT2D eigenvalue weighted by Gasteiger charge is 2.24. The summed E-state index contributed by atoms with van der Waals surface area (Å²) < 4.78 is 11.0. The van der Waals surface area contributed by atoms with Crippen molar-refractivity contribution in [3.05, 3.63) is 0 Å². The van der Waals surface area contributed by atoms with Crippen LogP contribution in [-0.2, 0) is 19.1 Å². The zero-order chi connectivity index (χ0) is 15.9. The zero-order valence-corrected chi connectivity index (χ0v) is 13.8. The van der Waals surface area contributed by atoms with Crippen LogP contribution in [0.25, 0.3) is 0 Å². The molecule has 6 heteroatoms. The molecule has 22 heavy (non-hydrogen) atoms. The summed E-state index contributed by atoms with van der Waals surface area (Å²) in [4.78, 5) is 27.3. The topological polar surface area (TPSA) is 59.1 Å². The fourth-order valence-electron chi connectivity index (χ4n) is 2.91. The van der Waals surface area contributed by atoms with Crippen LogP contribution in [0, 0.1) is 0 Å². The van der Waals surface area contributed by atoms with Crippen LogP contribution >= 0.6 is 0 Å². The van der Waals surface area contributed by atoms with Gasteiger partial charge in [-0.05, 0) is 32.1 Å². The molecule has 0 saturated carbocycles. The third-order valence-electron chi connectivity index (χ3n) is 4.38. The predicted molar refractivity (Wildman–Crippen MR) is 82.5 cm³/mol. The molecule has 1 atom stereocenters. The summed E-state index contributed by atoms with van der Waals surface area (Å²) in [5, 5.41) is 0. The van der Waals surface area contributed by atoms with Crippen LogP contribution in [0.3, 0.4) is 0 Å². The molecular weight excluding hydrogens is 284 g/mol. The van der Waals surface area contributed by atoms with Crippen molar-refractivity contribution < 1.29 is 19.1 Å². The maximum absolute atomic E-state index is 11.9. The minimum Gasteiger partial charge on any atom is -0.462 e. The van der Waals surface area contributed by atoms with E-state index >= 15 is 0 Å². The lowest BCUT2D eigenvalue weighted by Gasteiger charge is -2.31. The van der Waals surface area contributed by atoms with Gasteiger partial charge in [0.15, 0.2) is 0 Å². The normalized spacial score (nSPS) is 23.5. The summed E-state index contributed by atoms with van der Waals surface area (Å²) in [5.41, 5.74) is 0. The van der Waals surface area contributed by atoms with Gasteiger partial charge >= 0.3 is 5.97 Å². The van der Waals surface area contributed by atoms with Gasteiger partial charge in [-0.15, -0.1) is 0 Å². The Bertz CT molecular complexity index is 372. The van der Waals surface area contributed by atoms with Gasteiger partial charge in [-0.3, -0.25) is 14.5 Å². The molecular formula is C16H28N2O4. The molecule has 0 spiro atoms. The standard InChI is InChI=1S/C16H28N2O4/c1-17(2)15(19)12-18-9-7-14(8-10-18)22-16(20)6-5-13-4-3-11-21-13/h13-14H,3-12H2,1-2H3. The molecule has 0 aliphatic carbocycles. The number of rotatable bonds is 6. The SMILES string of the molecule is CN(C)C(=O)CN1CCC(OC(=O)CCC2CCCO2)CC1. The lowest BCUT2D eigenvalue weighted by molar-refractivity contribution is -0.152. The van der Waals surface area contributed by atoms with Crippen molar-refractivity contribution in [2.75, 3.05) is 40.3 Å². The molecule has 6 nitrogen and oxygen atoms in total. The second-order valence-corrected chi connectivity index (χ2v) is 6.43. The molecule has 2 aliphatic rings. The summed E-state index contributed by atoms with van der Waals surface area (Å²) in [6, 6.07) is 0. The number of hydrogen-bond acceptors (Lipinski definition) is 5. The van der Waals surface area contributed by atoms with E-state index in [4.69, 9.17) is 9.47 Å². The van der Waals surface area contributed by atoms with Gasteiger partial charge in [-0.25, -0.2) is 0 Å². The molecule has 1 unspecified atom stereocenters. The van der Waals surface area contributed by atoms with E-state index in [9.17, 15) is 9.59 Å². The van der Waals surface area contributed by atoms with Crippen LogP contribution in [0.5, 0.6) is 0 Å². The van der Waals surface area contributed by atoms with E-state index in [0.717, 1.165) is 51.8 Å². The number of esters is 1. The van der Waals surface area contributed by atoms with Crippen LogP contribution in [0.2, 0.25) is 0 Å². The molecule has 0 aromatic heterocycles. The average molecular weight is 312 g/mol. The van der Waals surface area contributed by atoms with Gasteiger partial charge in [0.25, 0.3) is 0 Å². The molecule has 2 saturated heterocycles. The van der Waals surface area contributed by atoms with Crippen molar-refractivity contribution in [3.63, 3.8) is 0 Å². The van der Waals surface area contributed by atoms with Crippen molar-refractivity contribution in [2.45, 2.75) is 50.7 Å². The first-order valence-electron chi connectivity index (χ1n) is 8.28. The Kier molecular flexibility index (Phi) is 6.64. The molecule has 2 heterocycles. The number of nitrogens with zero attached hydrogens (tertiary/aromatic N) is 2. The second-order valence-electron chi connectivity index (χ2n) is 6.43. The number of likely N-dealkylation sites (N-methyl/N-ethyl adjacent to an activating group) is 1. The summed E-state index contributed by atoms with van der Waals surface area (Å²) >= 11 is 0. The van der Waals surface area contributed by atoms with Crippen molar-refractivity contribution in [3.8, 4) is 0 Å². The number of ether oxygens (including phenoxy) is 2. The number of amides is 1. The largest absolute Gasteiger partial charge is 0.462 e. The fourth-order valence-corrected chi connectivity index (χ4v) is 2.91. The third-order valence-corrected chi connectivity index (χ3v) is 4.38. The summed E-state index contributed by atoms with van der Waals surface area (Å²) in [6.45, 7) is 2.89. The lowest BCUT2D eigenvalue weighted by atomic mass is 10.1. The van der Waals surface area contributed by atoms with E-state index in [1.165, 1.54) is 0 Å². The summed E-state index contributed by atoms with van der Waals surface area (Å²) in [7, 11) is 3.54. The zero-order valence-electron chi connectivity index (χ0n) is 13.8. The first-order chi connectivity index (χ1) is 10.5. The van der Waals surface area contributed by atoms with Gasteiger partial charge in [0.1, 0.15) is 6.10 Å². The monoisotopic (exact) mass is 312 g/mol. The molecule has 0 bridgehead atoms. The number of hydrogen-bond donors (Lipinski definition) is 0. The molecule has 126 valence electrons. The summed E-state index contributed by atoms with van der Waals surface area (Å²) in [5.74, 6) is 0.00493. The van der Waals surface area contributed by atoms with Gasteiger partial charge in [-0.1, -0.05) is 0 Å². The lowest BCUT2D eigenvalue weighted by Crippen LogP contribution is -2.43. The first kappa shape index (κ1) is 17.2. The van der Waals surface area contributed by atoms with Crippen LogP contribution in [0.15, 0.2) is 0 Å². The van der Waals surface area contributed by atoms with Gasteiger partial charge < -0.3 is 14.4 Å². The smallest absolute Gasteiger partial charge is 0.306 e. The average Bonchev–Trinajstić information content (AvgIpc) is 3.00. The maximum atomic E-state index is 11.9. The molecule has 1 amide bonds. The van der Waals surface area contributed by atoms with Crippen molar-refractivity contribution >= 4 is 11.9 Å². The summed E-state index contributed by atoms with van der Waals surface area (Å²) in [6.07, 6.45) is 5.25. The Hall–Kier alpha value is -1.14. The Morgan fingerprint density at radius 1 is 1.23 bits per heavy atom. The highest BCUT2D eigenvalue weighted by Crippen LogP contribution is 2.19. The van der Waals surface area contributed by atoms with Crippen LogP contribution < -0.4 is 0 Å². The molecule has 0 aromatic rings. The second kappa shape index (κ2) is 8.48. The molecule has 0 radical (unpaired) electrons. The van der Waals surface area contributed by atoms with Gasteiger partial charge in [-0.2, -0.15) is 0 Å². The van der Waals surface area contributed by atoms with E-state index in [-0.39, 0.29) is 24.1 Å². The minimum absolute atomic E-state index is 0.00250. The van der Waals surface area contributed by atoms with Gasteiger partial charge in [0.2, 0.25) is 5.91 Å². The third kappa shape index (κ3) is 5.57. The van der Waals surface area contributed by atoms with Crippen LogP contribution in [-0.4, -0.2) is 74.2 Å². The van der Waals surface area contributed by atoms with Gasteiger partial charge in [0, 0.05) is 40.2 Å².